The molecule has 4 nitrogen and oxygen atoms in total. The van der Waals surface area contributed by atoms with Gasteiger partial charge in [-0.3, -0.25) is 4.79 Å². The van der Waals surface area contributed by atoms with E-state index in [1.807, 2.05) is 6.92 Å². The number of rotatable bonds is 8. The molecule has 0 spiro atoms. The fourth-order valence-electron chi connectivity index (χ4n) is 2.82. The Bertz CT molecular complexity index is 299. The van der Waals surface area contributed by atoms with Crippen molar-refractivity contribution in [1.29, 1.82) is 0 Å². The summed E-state index contributed by atoms with van der Waals surface area (Å²) in [4.78, 5) is 11.6. The summed E-state index contributed by atoms with van der Waals surface area (Å²) in [7, 11) is 0. The molecule has 110 valence electrons. The minimum atomic E-state index is -0.603. The van der Waals surface area contributed by atoms with Crippen LogP contribution in [0, 0.1) is 5.92 Å². The predicted molar refractivity (Wildman–Crippen MR) is 75.8 cm³/mol. The molecule has 0 aromatic carbocycles. The van der Waals surface area contributed by atoms with Gasteiger partial charge in [-0.15, -0.1) is 0 Å². The van der Waals surface area contributed by atoms with Crippen molar-refractivity contribution in [3.8, 4) is 0 Å². The second kappa shape index (κ2) is 6.71. The molecule has 0 aromatic rings. The van der Waals surface area contributed by atoms with E-state index >= 15 is 0 Å². The third-order valence-electron chi connectivity index (χ3n) is 4.47. The highest BCUT2D eigenvalue weighted by atomic mass is 16.5. The summed E-state index contributed by atoms with van der Waals surface area (Å²) in [6.45, 7) is 3.37. The average molecular weight is 268 g/mol. The van der Waals surface area contributed by atoms with Crippen LogP contribution in [0.25, 0.3) is 0 Å². The molecule has 1 unspecified atom stereocenters. The molecule has 2 aliphatic carbocycles. The maximum Gasteiger partial charge on any atom is 0.237 e. The van der Waals surface area contributed by atoms with Gasteiger partial charge in [-0.2, -0.15) is 0 Å². The van der Waals surface area contributed by atoms with Gasteiger partial charge in [0.15, 0.2) is 0 Å². The molecule has 0 bridgehead atoms. The number of nitrogens with two attached hydrogens (primary N) is 1. The van der Waals surface area contributed by atoms with E-state index in [0.29, 0.717) is 19.1 Å². The zero-order valence-electron chi connectivity index (χ0n) is 12.1. The fourth-order valence-corrected chi connectivity index (χ4v) is 2.82. The SMILES string of the molecule is CC(CCOCC1CCCCC1)(NC1CC1)C(N)=O. The van der Waals surface area contributed by atoms with E-state index in [-0.39, 0.29) is 5.91 Å². The van der Waals surface area contributed by atoms with E-state index in [4.69, 9.17) is 10.5 Å². The van der Waals surface area contributed by atoms with E-state index in [2.05, 4.69) is 5.32 Å². The van der Waals surface area contributed by atoms with Gasteiger partial charge in [-0.1, -0.05) is 19.3 Å². The van der Waals surface area contributed by atoms with Gasteiger partial charge < -0.3 is 15.8 Å². The predicted octanol–water partition coefficient (Wildman–Crippen LogP) is 1.97. The zero-order valence-corrected chi connectivity index (χ0v) is 12.1. The Hall–Kier alpha value is -0.610. The first kappa shape index (κ1) is 14.8. The van der Waals surface area contributed by atoms with Gasteiger partial charge in [0.05, 0.1) is 5.54 Å². The number of hydrogen-bond donors (Lipinski definition) is 2. The van der Waals surface area contributed by atoms with Crippen molar-refractivity contribution in [2.75, 3.05) is 13.2 Å². The summed E-state index contributed by atoms with van der Waals surface area (Å²) < 4.78 is 5.77. The molecule has 0 radical (unpaired) electrons. The largest absolute Gasteiger partial charge is 0.381 e. The third-order valence-corrected chi connectivity index (χ3v) is 4.47. The molecule has 19 heavy (non-hydrogen) atoms. The Morgan fingerprint density at radius 1 is 1.26 bits per heavy atom. The summed E-state index contributed by atoms with van der Waals surface area (Å²) in [5, 5.41) is 3.35. The summed E-state index contributed by atoms with van der Waals surface area (Å²) in [5.41, 5.74) is 4.91. The smallest absolute Gasteiger partial charge is 0.237 e. The van der Waals surface area contributed by atoms with Gasteiger partial charge in [-0.05, 0) is 44.9 Å². The van der Waals surface area contributed by atoms with Crippen molar-refractivity contribution in [3.05, 3.63) is 0 Å². The highest BCUT2D eigenvalue weighted by Gasteiger charge is 2.36. The van der Waals surface area contributed by atoms with Crippen LogP contribution < -0.4 is 11.1 Å². The van der Waals surface area contributed by atoms with Crippen molar-refractivity contribution in [3.63, 3.8) is 0 Å². The third kappa shape index (κ3) is 4.77. The van der Waals surface area contributed by atoms with Gasteiger partial charge in [0.2, 0.25) is 5.91 Å². The topological polar surface area (TPSA) is 64.3 Å². The Kier molecular flexibility index (Phi) is 5.22. The minimum absolute atomic E-state index is 0.263. The molecule has 2 aliphatic rings. The molecule has 2 saturated carbocycles. The van der Waals surface area contributed by atoms with E-state index in [1.54, 1.807) is 0 Å². The second-order valence-electron chi connectivity index (χ2n) is 6.44. The van der Waals surface area contributed by atoms with Gasteiger partial charge in [0.1, 0.15) is 0 Å². The molecular weight excluding hydrogens is 240 g/mol. The molecule has 3 N–H and O–H groups in total. The van der Waals surface area contributed by atoms with Crippen LogP contribution in [0.5, 0.6) is 0 Å². The van der Waals surface area contributed by atoms with Crippen LogP contribution in [-0.4, -0.2) is 30.7 Å². The lowest BCUT2D eigenvalue weighted by Crippen LogP contribution is -2.54. The van der Waals surface area contributed by atoms with Crippen LogP contribution in [-0.2, 0) is 9.53 Å². The monoisotopic (exact) mass is 268 g/mol. The first-order valence-electron chi connectivity index (χ1n) is 7.75. The number of nitrogens with one attached hydrogen (secondary N) is 1. The molecule has 1 amide bonds. The Morgan fingerprint density at radius 2 is 1.95 bits per heavy atom. The van der Waals surface area contributed by atoms with Crippen molar-refractivity contribution in [1.82, 2.24) is 5.32 Å². The normalized spacial score (nSPS) is 24.1. The Morgan fingerprint density at radius 3 is 2.53 bits per heavy atom. The molecule has 4 heteroatoms. The lowest BCUT2D eigenvalue weighted by Gasteiger charge is -2.28. The Labute approximate surface area is 116 Å². The first-order valence-corrected chi connectivity index (χ1v) is 7.75. The molecule has 1 atom stereocenters. The van der Waals surface area contributed by atoms with Crippen molar-refractivity contribution >= 4 is 5.91 Å². The molecule has 0 aromatic heterocycles. The lowest BCUT2D eigenvalue weighted by atomic mass is 9.90. The standard InChI is InChI=1S/C15H28N2O2/c1-15(14(16)18,17-13-7-8-13)9-10-19-11-12-5-3-2-4-6-12/h12-13,17H,2-11H2,1H3,(H2,16,18). The molecule has 0 aliphatic heterocycles. The number of carbonyl (C=O) groups is 1. The fraction of sp³-hybridized carbons (Fsp3) is 0.933. The van der Waals surface area contributed by atoms with E-state index in [1.165, 1.54) is 32.1 Å². The molecule has 0 saturated heterocycles. The maximum absolute atomic E-state index is 11.6. The average Bonchev–Trinajstić information content (AvgIpc) is 3.19. The highest BCUT2D eigenvalue weighted by molar-refractivity contribution is 5.84. The van der Waals surface area contributed by atoms with Crippen LogP contribution >= 0.6 is 0 Å². The van der Waals surface area contributed by atoms with Crippen LogP contribution in [0.2, 0.25) is 0 Å². The van der Waals surface area contributed by atoms with Crippen LogP contribution in [0.3, 0.4) is 0 Å². The molecule has 2 rings (SSSR count). The van der Waals surface area contributed by atoms with Gasteiger partial charge in [0, 0.05) is 19.3 Å². The lowest BCUT2D eigenvalue weighted by molar-refractivity contribution is -0.124. The summed E-state index contributed by atoms with van der Waals surface area (Å²) in [6, 6.07) is 0.482. The zero-order chi connectivity index (χ0) is 13.7. The number of primary amides is 1. The molecular formula is C15H28N2O2. The van der Waals surface area contributed by atoms with Crippen LogP contribution in [0.1, 0.15) is 58.3 Å². The first-order chi connectivity index (χ1) is 9.10. The highest BCUT2D eigenvalue weighted by Crippen LogP contribution is 2.25. The molecule has 0 heterocycles. The Balaban J connectivity index is 1.65. The number of hydrogen-bond acceptors (Lipinski definition) is 3. The summed E-state index contributed by atoms with van der Waals surface area (Å²) in [6.07, 6.45) is 9.65. The number of amides is 1. The molecule has 2 fully saturated rings. The second-order valence-corrected chi connectivity index (χ2v) is 6.44. The van der Waals surface area contributed by atoms with E-state index in [0.717, 1.165) is 25.4 Å². The van der Waals surface area contributed by atoms with Crippen molar-refractivity contribution in [2.24, 2.45) is 11.7 Å². The van der Waals surface area contributed by atoms with E-state index < -0.39 is 5.54 Å². The van der Waals surface area contributed by atoms with Gasteiger partial charge in [-0.25, -0.2) is 0 Å². The van der Waals surface area contributed by atoms with Crippen LogP contribution in [0.4, 0.5) is 0 Å². The van der Waals surface area contributed by atoms with E-state index in [9.17, 15) is 4.79 Å². The van der Waals surface area contributed by atoms with Crippen molar-refractivity contribution in [2.45, 2.75) is 69.9 Å². The number of ether oxygens (including phenoxy) is 1. The van der Waals surface area contributed by atoms with Gasteiger partial charge in [0.25, 0.3) is 0 Å². The van der Waals surface area contributed by atoms with Gasteiger partial charge >= 0.3 is 0 Å². The maximum atomic E-state index is 11.6. The summed E-state index contributed by atoms with van der Waals surface area (Å²) in [5.74, 6) is 0.464. The number of carbonyl (C=O) groups excluding carboxylic acids is 1. The quantitative estimate of drug-likeness (QED) is 0.662. The minimum Gasteiger partial charge on any atom is -0.381 e. The van der Waals surface area contributed by atoms with Crippen molar-refractivity contribution < 1.29 is 9.53 Å². The van der Waals surface area contributed by atoms with Crippen LogP contribution in [0.15, 0.2) is 0 Å². The summed E-state index contributed by atoms with van der Waals surface area (Å²) >= 11 is 0.